The molecule has 0 radical (unpaired) electrons. The van der Waals surface area contributed by atoms with Gasteiger partial charge in [-0.2, -0.15) is 0 Å². The monoisotopic (exact) mass is 428 g/mol. The second kappa shape index (κ2) is 12.3. The smallest absolute Gasteiger partial charge is 0.0589 e. The highest BCUT2D eigenvalue weighted by Crippen LogP contribution is 2.27. The van der Waals surface area contributed by atoms with Crippen LogP contribution >= 0.6 is 0 Å². The fourth-order valence-corrected chi connectivity index (χ4v) is 5.85. The maximum absolute atomic E-state index is 5.32. The van der Waals surface area contributed by atoms with Gasteiger partial charge in [-0.1, -0.05) is 36.8 Å². The zero-order chi connectivity index (χ0) is 21.3. The summed E-state index contributed by atoms with van der Waals surface area (Å²) >= 11 is 0. The van der Waals surface area contributed by atoms with Crippen molar-refractivity contribution in [3.05, 3.63) is 35.9 Å². The third kappa shape index (κ3) is 6.75. The van der Waals surface area contributed by atoms with Gasteiger partial charge in [0.25, 0.3) is 0 Å². The molecule has 31 heavy (non-hydrogen) atoms. The third-order valence-electron chi connectivity index (χ3n) is 7.76. The minimum Gasteiger partial charge on any atom is -0.383 e. The van der Waals surface area contributed by atoms with Crippen molar-refractivity contribution in [2.75, 3.05) is 79.2 Å². The van der Waals surface area contributed by atoms with Crippen LogP contribution in [0.3, 0.4) is 0 Å². The number of rotatable bonds is 8. The van der Waals surface area contributed by atoms with Gasteiger partial charge in [0.2, 0.25) is 0 Å². The van der Waals surface area contributed by atoms with E-state index in [4.69, 9.17) is 4.74 Å². The first-order valence-corrected chi connectivity index (χ1v) is 12.8. The van der Waals surface area contributed by atoms with E-state index in [1.807, 2.05) is 7.11 Å². The topological polar surface area (TPSA) is 22.2 Å². The van der Waals surface area contributed by atoms with Gasteiger partial charge in [-0.15, -0.1) is 0 Å². The summed E-state index contributed by atoms with van der Waals surface area (Å²) in [6.45, 7) is 13.0. The molecule has 3 aliphatic rings. The van der Waals surface area contributed by atoms with Crippen LogP contribution in [0.4, 0.5) is 0 Å². The first kappa shape index (κ1) is 23.2. The molecule has 0 saturated carbocycles. The highest BCUT2D eigenvalue weighted by atomic mass is 16.5. The molecular formula is C26H44N4O. The summed E-state index contributed by atoms with van der Waals surface area (Å²) in [4.78, 5) is 10.9. The number of benzene rings is 1. The molecular weight excluding hydrogens is 384 g/mol. The molecule has 0 aliphatic carbocycles. The van der Waals surface area contributed by atoms with Crippen LogP contribution in [0, 0.1) is 0 Å². The number of piperidine rings is 2. The summed E-state index contributed by atoms with van der Waals surface area (Å²) in [5.41, 5.74) is 1.49. The van der Waals surface area contributed by atoms with Gasteiger partial charge in [-0.05, 0) is 70.4 Å². The van der Waals surface area contributed by atoms with E-state index in [1.54, 1.807) is 0 Å². The second-order valence-corrected chi connectivity index (χ2v) is 9.78. The maximum atomic E-state index is 5.32. The highest BCUT2D eigenvalue weighted by molar-refractivity contribution is 5.19. The van der Waals surface area contributed by atoms with Crippen molar-refractivity contribution in [3.63, 3.8) is 0 Å². The highest BCUT2D eigenvalue weighted by Gasteiger charge is 2.29. The van der Waals surface area contributed by atoms with Gasteiger partial charge in [0.05, 0.1) is 6.61 Å². The Morgan fingerprint density at radius 2 is 1.58 bits per heavy atom. The fraction of sp³-hybridized carbons (Fsp3) is 0.769. The molecule has 3 heterocycles. The first-order chi connectivity index (χ1) is 15.3. The van der Waals surface area contributed by atoms with Crippen LogP contribution in [0.15, 0.2) is 30.3 Å². The van der Waals surface area contributed by atoms with Crippen LogP contribution in [0.5, 0.6) is 0 Å². The molecule has 1 unspecified atom stereocenters. The van der Waals surface area contributed by atoms with E-state index in [1.165, 1.54) is 89.9 Å². The molecule has 0 aromatic heterocycles. The van der Waals surface area contributed by atoms with Crippen molar-refractivity contribution in [2.45, 2.75) is 50.6 Å². The Bertz CT molecular complexity index is 613. The van der Waals surface area contributed by atoms with Gasteiger partial charge in [-0.25, -0.2) is 0 Å². The normalized spacial score (nSPS) is 24.8. The molecule has 0 amide bonds. The van der Waals surface area contributed by atoms with Crippen LogP contribution in [-0.4, -0.2) is 105 Å². The predicted molar refractivity (Wildman–Crippen MR) is 129 cm³/mol. The van der Waals surface area contributed by atoms with Crippen molar-refractivity contribution in [2.24, 2.45) is 0 Å². The summed E-state index contributed by atoms with van der Waals surface area (Å²) in [5, 5.41) is 0. The summed E-state index contributed by atoms with van der Waals surface area (Å²) in [6, 6.07) is 12.6. The van der Waals surface area contributed by atoms with E-state index in [0.29, 0.717) is 6.04 Å². The van der Waals surface area contributed by atoms with E-state index in [-0.39, 0.29) is 0 Å². The van der Waals surface area contributed by atoms with Gasteiger partial charge in [-0.3, -0.25) is 9.80 Å². The van der Waals surface area contributed by atoms with Crippen LogP contribution < -0.4 is 0 Å². The lowest BCUT2D eigenvalue weighted by atomic mass is 9.98. The van der Waals surface area contributed by atoms with Gasteiger partial charge in [0, 0.05) is 51.9 Å². The minimum absolute atomic E-state index is 0.509. The largest absolute Gasteiger partial charge is 0.383 e. The number of nitrogens with zero attached hydrogens (tertiary/aromatic N) is 4. The lowest BCUT2D eigenvalue weighted by Crippen LogP contribution is -2.48. The zero-order valence-electron chi connectivity index (χ0n) is 19.8. The number of methoxy groups -OCH3 is 1. The molecule has 1 aromatic carbocycles. The molecule has 3 saturated heterocycles. The minimum atomic E-state index is 0.509. The first-order valence-electron chi connectivity index (χ1n) is 12.8. The number of ether oxygens (including phenoxy) is 1. The third-order valence-corrected chi connectivity index (χ3v) is 7.76. The summed E-state index contributed by atoms with van der Waals surface area (Å²) in [5.74, 6) is 0. The fourth-order valence-electron chi connectivity index (χ4n) is 5.85. The van der Waals surface area contributed by atoms with Crippen LogP contribution in [0.1, 0.15) is 50.1 Å². The van der Waals surface area contributed by atoms with E-state index in [0.717, 1.165) is 32.3 Å². The molecule has 0 bridgehead atoms. The Morgan fingerprint density at radius 1 is 0.806 bits per heavy atom. The van der Waals surface area contributed by atoms with E-state index in [9.17, 15) is 0 Å². The van der Waals surface area contributed by atoms with Crippen molar-refractivity contribution in [1.29, 1.82) is 0 Å². The molecule has 5 heteroatoms. The number of hydrogen-bond donors (Lipinski definition) is 0. The van der Waals surface area contributed by atoms with Crippen LogP contribution in [-0.2, 0) is 4.74 Å². The van der Waals surface area contributed by atoms with Crippen LogP contribution in [0.2, 0.25) is 0 Å². The Morgan fingerprint density at radius 3 is 2.32 bits per heavy atom. The Hall–Kier alpha value is -0.980. The van der Waals surface area contributed by atoms with E-state index >= 15 is 0 Å². The average molecular weight is 429 g/mol. The molecule has 3 aliphatic heterocycles. The van der Waals surface area contributed by atoms with E-state index in [2.05, 4.69) is 49.9 Å². The molecule has 5 nitrogen and oxygen atoms in total. The van der Waals surface area contributed by atoms with Gasteiger partial charge in [0.15, 0.2) is 0 Å². The second-order valence-electron chi connectivity index (χ2n) is 9.78. The SMILES string of the molecule is COCCN1CCCN(C(CN2CCC(N3CCCCC3)CC2)c2ccccc2)CC1. The Balaban J connectivity index is 1.35. The van der Waals surface area contributed by atoms with Crippen molar-refractivity contribution < 1.29 is 4.74 Å². The molecule has 1 atom stereocenters. The maximum Gasteiger partial charge on any atom is 0.0589 e. The van der Waals surface area contributed by atoms with Gasteiger partial charge < -0.3 is 14.5 Å². The molecule has 4 rings (SSSR count). The van der Waals surface area contributed by atoms with E-state index < -0.39 is 0 Å². The van der Waals surface area contributed by atoms with Crippen molar-refractivity contribution in [1.82, 2.24) is 19.6 Å². The van der Waals surface area contributed by atoms with Crippen LogP contribution in [0.25, 0.3) is 0 Å². The number of likely N-dealkylation sites (tertiary alicyclic amines) is 2. The standard InChI is InChI=1S/C26H44N4O/c1-31-22-21-27-13-8-16-30(20-19-27)26(24-9-4-2-5-10-24)23-28-17-11-25(12-18-28)29-14-6-3-7-15-29/h2,4-5,9-10,25-26H,3,6-8,11-23H2,1H3. The molecule has 174 valence electrons. The van der Waals surface area contributed by atoms with Crippen molar-refractivity contribution >= 4 is 0 Å². The summed E-state index contributed by atoms with van der Waals surface area (Å²) in [7, 11) is 1.81. The quantitative estimate of drug-likeness (QED) is 0.632. The molecule has 3 fully saturated rings. The zero-order valence-corrected chi connectivity index (χ0v) is 19.8. The summed E-state index contributed by atoms with van der Waals surface area (Å²) < 4.78 is 5.32. The molecule has 0 spiro atoms. The van der Waals surface area contributed by atoms with Crippen molar-refractivity contribution in [3.8, 4) is 0 Å². The Labute approximate surface area is 190 Å². The predicted octanol–water partition coefficient (Wildman–Crippen LogP) is 3.33. The lowest BCUT2D eigenvalue weighted by Gasteiger charge is -2.42. The molecule has 0 N–H and O–H groups in total. The lowest BCUT2D eigenvalue weighted by molar-refractivity contribution is 0.0717. The Kier molecular flexibility index (Phi) is 9.21. The molecule has 1 aromatic rings. The average Bonchev–Trinajstić information content (AvgIpc) is 3.08. The van der Waals surface area contributed by atoms with Gasteiger partial charge in [0.1, 0.15) is 0 Å². The summed E-state index contributed by atoms with van der Waals surface area (Å²) in [6.07, 6.45) is 8.22. The number of hydrogen-bond acceptors (Lipinski definition) is 5. The van der Waals surface area contributed by atoms with Gasteiger partial charge >= 0.3 is 0 Å².